The van der Waals surface area contributed by atoms with Crippen LogP contribution in [0.25, 0.3) is 0 Å². The highest BCUT2D eigenvalue weighted by molar-refractivity contribution is 7.92. The van der Waals surface area contributed by atoms with Gasteiger partial charge in [0.05, 0.1) is 19.1 Å². The van der Waals surface area contributed by atoms with Gasteiger partial charge in [0.15, 0.2) is 11.5 Å². The molecule has 4 rings (SSSR count). The summed E-state index contributed by atoms with van der Waals surface area (Å²) in [6, 6.07) is 18.6. The minimum Gasteiger partial charge on any atom is -0.493 e. The molecule has 0 spiro atoms. The van der Waals surface area contributed by atoms with Gasteiger partial charge >= 0.3 is 0 Å². The molecule has 0 saturated carbocycles. The predicted molar refractivity (Wildman–Crippen MR) is 119 cm³/mol. The third kappa shape index (κ3) is 4.06. The molecule has 1 aliphatic rings. The smallest absolute Gasteiger partial charge is 0.262 e. The SMILES string of the molecule is COc1ccc(S(=O)(=O)Nc2ccc(C(=O)N3CCc4ccccc43)cc2)cc1OC. The summed E-state index contributed by atoms with van der Waals surface area (Å²) < 4.78 is 38.4. The van der Waals surface area contributed by atoms with Crippen LogP contribution in [-0.2, 0) is 16.4 Å². The first-order chi connectivity index (χ1) is 14.9. The first-order valence-electron chi connectivity index (χ1n) is 9.67. The summed E-state index contributed by atoms with van der Waals surface area (Å²) >= 11 is 0. The number of amides is 1. The molecule has 0 atom stereocenters. The minimum atomic E-state index is -3.84. The van der Waals surface area contributed by atoms with Crippen molar-refractivity contribution in [2.45, 2.75) is 11.3 Å². The number of methoxy groups -OCH3 is 2. The first-order valence-corrected chi connectivity index (χ1v) is 11.2. The molecule has 0 bridgehead atoms. The topological polar surface area (TPSA) is 84.9 Å². The monoisotopic (exact) mass is 438 g/mol. The normalized spacial score (nSPS) is 12.9. The van der Waals surface area contributed by atoms with Crippen LogP contribution in [0.1, 0.15) is 15.9 Å². The zero-order valence-electron chi connectivity index (χ0n) is 17.2. The Hall–Kier alpha value is -3.52. The fraction of sp³-hybridized carbons (Fsp3) is 0.174. The predicted octanol–water partition coefficient (Wildman–Crippen LogP) is 3.71. The number of carbonyl (C=O) groups is 1. The number of sulfonamides is 1. The van der Waals surface area contributed by atoms with Gasteiger partial charge < -0.3 is 14.4 Å². The number of anilines is 2. The molecular formula is C23H22N2O5S. The van der Waals surface area contributed by atoms with Crippen molar-refractivity contribution in [1.82, 2.24) is 0 Å². The molecule has 3 aromatic carbocycles. The first kappa shape index (κ1) is 20.7. The van der Waals surface area contributed by atoms with Gasteiger partial charge in [0.1, 0.15) is 0 Å². The molecule has 7 nitrogen and oxygen atoms in total. The second kappa shape index (κ2) is 8.31. The minimum absolute atomic E-state index is 0.0407. The van der Waals surface area contributed by atoms with E-state index in [1.54, 1.807) is 29.2 Å². The fourth-order valence-corrected chi connectivity index (χ4v) is 4.66. The molecule has 160 valence electrons. The molecule has 0 radical (unpaired) electrons. The molecule has 0 fully saturated rings. The van der Waals surface area contributed by atoms with Gasteiger partial charge in [-0.3, -0.25) is 9.52 Å². The molecule has 0 unspecified atom stereocenters. The van der Waals surface area contributed by atoms with Crippen molar-refractivity contribution in [3.63, 3.8) is 0 Å². The van der Waals surface area contributed by atoms with Crippen LogP contribution in [0, 0.1) is 0 Å². The van der Waals surface area contributed by atoms with Crippen molar-refractivity contribution in [2.24, 2.45) is 0 Å². The molecule has 1 amide bonds. The summed E-state index contributed by atoms with van der Waals surface area (Å²) in [5, 5.41) is 0. The highest BCUT2D eigenvalue weighted by Crippen LogP contribution is 2.31. The summed E-state index contributed by atoms with van der Waals surface area (Å²) in [4.78, 5) is 14.7. The summed E-state index contributed by atoms with van der Waals surface area (Å²) in [7, 11) is -0.920. The molecule has 0 saturated heterocycles. The molecule has 31 heavy (non-hydrogen) atoms. The Labute approximate surface area is 181 Å². The lowest BCUT2D eigenvalue weighted by Gasteiger charge is -2.17. The number of rotatable bonds is 6. The Morgan fingerprint density at radius 2 is 1.65 bits per heavy atom. The number of ether oxygens (including phenoxy) is 2. The van der Waals surface area contributed by atoms with Crippen molar-refractivity contribution in [3.8, 4) is 11.5 Å². The standard InChI is InChI=1S/C23H22N2O5S/c1-29-21-12-11-19(15-22(21)30-2)31(27,28)24-18-9-7-17(8-10-18)23(26)25-14-13-16-5-3-4-6-20(16)25/h3-12,15,24H,13-14H2,1-2H3. The van der Waals surface area contributed by atoms with E-state index in [4.69, 9.17) is 9.47 Å². The van der Waals surface area contributed by atoms with Gasteiger partial charge in [0.2, 0.25) is 0 Å². The number of benzene rings is 3. The molecule has 1 heterocycles. The van der Waals surface area contributed by atoms with Crippen LogP contribution in [-0.4, -0.2) is 35.1 Å². The van der Waals surface area contributed by atoms with Crippen LogP contribution in [0.2, 0.25) is 0 Å². The third-order valence-corrected chi connectivity index (χ3v) is 6.56. The second-order valence-electron chi connectivity index (χ2n) is 7.04. The maximum absolute atomic E-state index is 12.9. The van der Waals surface area contributed by atoms with Crippen LogP contribution in [0.4, 0.5) is 11.4 Å². The van der Waals surface area contributed by atoms with Gasteiger partial charge in [-0.25, -0.2) is 8.42 Å². The van der Waals surface area contributed by atoms with Crippen molar-refractivity contribution < 1.29 is 22.7 Å². The largest absolute Gasteiger partial charge is 0.493 e. The second-order valence-corrected chi connectivity index (χ2v) is 8.72. The van der Waals surface area contributed by atoms with E-state index < -0.39 is 10.0 Å². The van der Waals surface area contributed by atoms with Crippen LogP contribution >= 0.6 is 0 Å². The quantitative estimate of drug-likeness (QED) is 0.634. The maximum atomic E-state index is 12.9. The number of hydrogen-bond donors (Lipinski definition) is 1. The van der Waals surface area contributed by atoms with Crippen LogP contribution < -0.4 is 19.1 Å². The summed E-state index contributed by atoms with van der Waals surface area (Å²) in [6.07, 6.45) is 0.825. The highest BCUT2D eigenvalue weighted by atomic mass is 32.2. The van der Waals surface area contributed by atoms with Gasteiger partial charge in [-0.1, -0.05) is 18.2 Å². The van der Waals surface area contributed by atoms with E-state index in [1.165, 1.54) is 32.4 Å². The van der Waals surface area contributed by atoms with Crippen molar-refractivity contribution >= 4 is 27.3 Å². The van der Waals surface area contributed by atoms with E-state index >= 15 is 0 Å². The molecule has 1 aliphatic heterocycles. The molecule has 1 N–H and O–H groups in total. The lowest BCUT2D eigenvalue weighted by Crippen LogP contribution is -2.28. The van der Waals surface area contributed by atoms with Gasteiger partial charge in [-0.15, -0.1) is 0 Å². The molecule has 3 aromatic rings. The number of nitrogens with zero attached hydrogens (tertiary/aromatic N) is 1. The number of hydrogen-bond acceptors (Lipinski definition) is 5. The Morgan fingerprint density at radius 1 is 0.935 bits per heavy atom. The van der Waals surface area contributed by atoms with E-state index in [0.717, 1.165) is 17.7 Å². The van der Waals surface area contributed by atoms with E-state index in [1.807, 2.05) is 24.3 Å². The van der Waals surface area contributed by atoms with E-state index in [9.17, 15) is 13.2 Å². The number of carbonyl (C=O) groups excluding carboxylic acids is 1. The van der Waals surface area contributed by atoms with E-state index in [0.29, 0.717) is 29.3 Å². The van der Waals surface area contributed by atoms with Crippen LogP contribution in [0.15, 0.2) is 71.6 Å². The average molecular weight is 439 g/mol. The van der Waals surface area contributed by atoms with Gasteiger partial charge in [0.25, 0.3) is 15.9 Å². The Bertz CT molecular complexity index is 1220. The van der Waals surface area contributed by atoms with Crippen molar-refractivity contribution in [2.75, 3.05) is 30.4 Å². The maximum Gasteiger partial charge on any atom is 0.262 e. The van der Waals surface area contributed by atoms with Crippen molar-refractivity contribution in [3.05, 3.63) is 77.9 Å². The number of nitrogens with one attached hydrogen (secondary N) is 1. The summed E-state index contributed by atoms with van der Waals surface area (Å²) in [6.45, 7) is 0.631. The fourth-order valence-electron chi connectivity index (χ4n) is 3.58. The molecule has 0 aliphatic carbocycles. The third-order valence-electron chi connectivity index (χ3n) is 5.18. The average Bonchev–Trinajstić information content (AvgIpc) is 3.22. The Morgan fingerprint density at radius 3 is 2.35 bits per heavy atom. The zero-order chi connectivity index (χ0) is 22.0. The number of para-hydroxylation sites is 1. The van der Waals surface area contributed by atoms with Gasteiger partial charge in [-0.05, 0) is 54.4 Å². The summed E-state index contributed by atoms with van der Waals surface area (Å²) in [5.74, 6) is 0.643. The van der Waals surface area contributed by atoms with Gasteiger partial charge in [0, 0.05) is 29.5 Å². The highest BCUT2D eigenvalue weighted by Gasteiger charge is 2.25. The Kier molecular flexibility index (Phi) is 5.56. The van der Waals surface area contributed by atoms with Crippen LogP contribution in [0.3, 0.4) is 0 Å². The lowest BCUT2D eigenvalue weighted by molar-refractivity contribution is 0.0989. The lowest BCUT2D eigenvalue weighted by atomic mass is 10.1. The zero-order valence-corrected chi connectivity index (χ0v) is 18.0. The Balaban J connectivity index is 1.52. The van der Waals surface area contributed by atoms with Gasteiger partial charge in [-0.2, -0.15) is 0 Å². The summed E-state index contributed by atoms with van der Waals surface area (Å²) in [5.41, 5.74) is 2.92. The van der Waals surface area contributed by atoms with E-state index in [-0.39, 0.29) is 10.8 Å². The van der Waals surface area contributed by atoms with Crippen molar-refractivity contribution in [1.29, 1.82) is 0 Å². The van der Waals surface area contributed by atoms with Crippen LogP contribution in [0.5, 0.6) is 11.5 Å². The molecule has 0 aromatic heterocycles. The molecule has 8 heteroatoms. The number of fused-ring (bicyclic) bond motifs is 1. The molecular weight excluding hydrogens is 416 g/mol. The van der Waals surface area contributed by atoms with E-state index in [2.05, 4.69) is 4.72 Å².